The number of thioether (sulfide) groups is 1. The number of carbonyl (C=O) groups is 1. The molecule has 2 aliphatic carbocycles. The van der Waals surface area contributed by atoms with E-state index in [1.807, 2.05) is 12.1 Å². The maximum absolute atomic E-state index is 12.3. The summed E-state index contributed by atoms with van der Waals surface area (Å²) in [7, 11) is 0. The Morgan fingerprint density at radius 3 is 2.65 bits per heavy atom. The van der Waals surface area contributed by atoms with E-state index in [0.717, 1.165) is 42.4 Å². The van der Waals surface area contributed by atoms with E-state index in [0.29, 0.717) is 17.8 Å². The van der Waals surface area contributed by atoms with Crippen LogP contribution in [-0.4, -0.2) is 32.5 Å². The van der Waals surface area contributed by atoms with Gasteiger partial charge in [-0.05, 0) is 37.8 Å². The second-order valence-electron chi connectivity index (χ2n) is 7.28. The monoisotopic (exact) mass is 374 g/mol. The molecule has 7 heteroatoms. The molecule has 0 unspecified atom stereocenters. The SMILES string of the molecule is O=C(CSc1nnc(-c2ccco2)n1C1CCCCC1)NC1CCCC1. The molecule has 2 saturated carbocycles. The average molecular weight is 375 g/mol. The van der Waals surface area contributed by atoms with Gasteiger partial charge in [-0.2, -0.15) is 0 Å². The first-order chi connectivity index (χ1) is 12.8. The summed E-state index contributed by atoms with van der Waals surface area (Å²) >= 11 is 1.49. The molecule has 1 amide bonds. The van der Waals surface area contributed by atoms with Crippen molar-refractivity contribution in [2.75, 3.05) is 5.75 Å². The number of furan rings is 1. The fourth-order valence-corrected chi connectivity index (χ4v) is 4.90. The summed E-state index contributed by atoms with van der Waals surface area (Å²) < 4.78 is 7.77. The van der Waals surface area contributed by atoms with Crippen LogP contribution in [0.4, 0.5) is 0 Å². The summed E-state index contributed by atoms with van der Waals surface area (Å²) in [6.45, 7) is 0. The molecule has 0 spiro atoms. The van der Waals surface area contributed by atoms with Crippen LogP contribution < -0.4 is 5.32 Å². The minimum atomic E-state index is 0.0969. The Balaban J connectivity index is 1.48. The first-order valence-corrected chi connectivity index (χ1v) is 10.7. The Morgan fingerprint density at radius 2 is 1.92 bits per heavy atom. The number of carbonyl (C=O) groups excluding carboxylic acids is 1. The van der Waals surface area contributed by atoms with Crippen molar-refractivity contribution in [3.63, 3.8) is 0 Å². The molecule has 1 N–H and O–H groups in total. The van der Waals surface area contributed by atoms with Crippen LogP contribution in [0.2, 0.25) is 0 Å². The highest BCUT2D eigenvalue weighted by Crippen LogP contribution is 2.35. The van der Waals surface area contributed by atoms with Gasteiger partial charge in [-0.15, -0.1) is 10.2 Å². The van der Waals surface area contributed by atoms with Crippen LogP contribution in [-0.2, 0) is 4.79 Å². The smallest absolute Gasteiger partial charge is 0.230 e. The van der Waals surface area contributed by atoms with Crippen molar-refractivity contribution in [3.8, 4) is 11.6 Å². The second-order valence-corrected chi connectivity index (χ2v) is 8.23. The van der Waals surface area contributed by atoms with E-state index in [-0.39, 0.29) is 5.91 Å². The average Bonchev–Trinajstić information content (AvgIpc) is 3.41. The number of amides is 1. The van der Waals surface area contributed by atoms with Crippen molar-refractivity contribution in [3.05, 3.63) is 18.4 Å². The summed E-state index contributed by atoms with van der Waals surface area (Å²) in [4.78, 5) is 12.3. The summed E-state index contributed by atoms with van der Waals surface area (Å²) in [5.41, 5.74) is 0. The Bertz CT molecular complexity index is 716. The molecule has 140 valence electrons. The number of hydrogen-bond acceptors (Lipinski definition) is 5. The van der Waals surface area contributed by atoms with Gasteiger partial charge in [0, 0.05) is 12.1 Å². The third-order valence-electron chi connectivity index (χ3n) is 5.40. The van der Waals surface area contributed by atoms with Gasteiger partial charge in [-0.25, -0.2) is 0 Å². The molecule has 0 aromatic carbocycles. The molecule has 0 saturated heterocycles. The number of nitrogens with zero attached hydrogens (tertiary/aromatic N) is 3. The zero-order chi connectivity index (χ0) is 17.8. The number of aromatic nitrogens is 3. The van der Waals surface area contributed by atoms with Crippen molar-refractivity contribution >= 4 is 17.7 Å². The van der Waals surface area contributed by atoms with Gasteiger partial charge in [0.05, 0.1) is 12.0 Å². The van der Waals surface area contributed by atoms with Crippen molar-refractivity contribution in [1.29, 1.82) is 0 Å². The molecule has 2 aromatic heterocycles. The molecule has 4 rings (SSSR count). The highest BCUT2D eigenvalue weighted by molar-refractivity contribution is 7.99. The lowest BCUT2D eigenvalue weighted by Gasteiger charge is -2.25. The lowest BCUT2D eigenvalue weighted by atomic mass is 9.95. The quantitative estimate of drug-likeness (QED) is 0.767. The van der Waals surface area contributed by atoms with Crippen LogP contribution in [0.3, 0.4) is 0 Å². The largest absolute Gasteiger partial charge is 0.461 e. The van der Waals surface area contributed by atoms with Crippen LogP contribution in [0.5, 0.6) is 0 Å². The predicted molar refractivity (Wildman–Crippen MR) is 101 cm³/mol. The first-order valence-electron chi connectivity index (χ1n) is 9.72. The van der Waals surface area contributed by atoms with Gasteiger partial charge >= 0.3 is 0 Å². The zero-order valence-corrected chi connectivity index (χ0v) is 15.8. The van der Waals surface area contributed by atoms with Gasteiger partial charge in [0.15, 0.2) is 10.9 Å². The van der Waals surface area contributed by atoms with Crippen LogP contribution in [0.1, 0.15) is 63.8 Å². The molecule has 2 heterocycles. The van der Waals surface area contributed by atoms with E-state index in [9.17, 15) is 4.79 Å². The van der Waals surface area contributed by atoms with E-state index in [4.69, 9.17) is 4.42 Å². The van der Waals surface area contributed by atoms with Gasteiger partial charge in [0.2, 0.25) is 11.7 Å². The molecular formula is C19H26N4O2S. The normalized spacial score (nSPS) is 19.1. The number of nitrogens with one attached hydrogen (secondary N) is 1. The second kappa shape index (κ2) is 8.29. The predicted octanol–water partition coefficient (Wildman–Crippen LogP) is 4.19. The van der Waals surface area contributed by atoms with Gasteiger partial charge in [-0.3, -0.25) is 9.36 Å². The van der Waals surface area contributed by atoms with Crippen molar-refractivity contribution in [1.82, 2.24) is 20.1 Å². The van der Waals surface area contributed by atoms with E-state index < -0.39 is 0 Å². The third-order valence-corrected chi connectivity index (χ3v) is 6.34. The number of rotatable bonds is 6. The highest BCUT2D eigenvalue weighted by atomic mass is 32.2. The van der Waals surface area contributed by atoms with Gasteiger partial charge in [-0.1, -0.05) is 43.9 Å². The molecular weight excluding hydrogens is 348 g/mol. The van der Waals surface area contributed by atoms with E-state index in [1.165, 1.54) is 43.9 Å². The summed E-state index contributed by atoms with van der Waals surface area (Å²) in [5, 5.41) is 12.7. The summed E-state index contributed by atoms with van der Waals surface area (Å²) in [5.74, 6) is 2.00. The van der Waals surface area contributed by atoms with Crippen LogP contribution in [0, 0.1) is 0 Å². The molecule has 0 radical (unpaired) electrons. The minimum Gasteiger partial charge on any atom is -0.461 e. The summed E-state index contributed by atoms with van der Waals surface area (Å²) in [6.07, 6.45) is 12.3. The van der Waals surface area contributed by atoms with Crippen LogP contribution in [0.15, 0.2) is 28.0 Å². The molecule has 6 nitrogen and oxygen atoms in total. The molecule has 2 fully saturated rings. The lowest BCUT2D eigenvalue weighted by molar-refractivity contribution is -0.119. The molecule has 0 atom stereocenters. The topological polar surface area (TPSA) is 73.0 Å². The Morgan fingerprint density at radius 1 is 1.15 bits per heavy atom. The lowest BCUT2D eigenvalue weighted by Crippen LogP contribution is -2.33. The van der Waals surface area contributed by atoms with Gasteiger partial charge in [0.1, 0.15) is 0 Å². The fourth-order valence-electron chi connectivity index (χ4n) is 4.09. The summed E-state index contributed by atoms with van der Waals surface area (Å²) in [6, 6.07) is 4.54. The molecule has 0 bridgehead atoms. The Kier molecular flexibility index (Phi) is 5.62. The van der Waals surface area contributed by atoms with Crippen molar-refractivity contribution in [2.24, 2.45) is 0 Å². The molecule has 26 heavy (non-hydrogen) atoms. The Hall–Kier alpha value is -1.76. The third kappa shape index (κ3) is 3.98. The van der Waals surface area contributed by atoms with E-state index in [1.54, 1.807) is 6.26 Å². The standard InChI is InChI=1S/C19H26N4O2S/c24-17(20-14-7-4-5-8-14)13-26-19-22-21-18(16-11-6-12-25-16)23(19)15-9-2-1-3-10-15/h6,11-12,14-15H,1-5,7-10,13H2,(H,20,24). The van der Waals surface area contributed by atoms with E-state index in [2.05, 4.69) is 20.1 Å². The van der Waals surface area contributed by atoms with Crippen LogP contribution >= 0.6 is 11.8 Å². The highest BCUT2D eigenvalue weighted by Gasteiger charge is 2.25. The van der Waals surface area contributed by atoms with Crippen molar-refractivity contribution in [2.45, 2.75) is 75.0 Å². The molecule has 0 aliphatic heterocycles. The minimum absolute atomic E-state index is 0.0969. The maximum atomic E-state index is 12.3. The fraction of sp³-hybridized carbons (Fsp3) is 0.632. The Labute approximate surface area is 158 Å². The zero-order valence-electron chi connectivity index (χ0n) is 15.0. The van der Waals surface area contributed by atoms with E-state index >= 15 is 0 Å². The molecule has 2 aliphatic rings. The number of hydrogen-bond donors (Lipinski definition) is 1. The first kappa shape index (κ1) is 17.6. The van der Waals surface area contributed by atoms with Crippen molar-refractivity contribution < 1.29 is 9.21 Å². The maximum Gasteiger partial charge on any atom is 0.230 e. The van der Waals surface area contributed by atoms with Gasteiger partial charge < -0.3 is 9.73 Å². The van der Waals surface area contributed by atoms with Crippen LogP contribution in [0.25, 0.3) is 11.6 Å². The molecule has 2 aromatic rings. The van der Waals surface area contributed by atoms with Gasteiger partial charge in [0.25, 0.3) is 0 Å².